The van der Waals surface area contributed by atoms with Crippen LogP contribution >= 0.6 is 31.9 Å². The monoisotopic (exact) mass is 395 g/mol. The number of pyridine rings is 1. The maximum Gasteiger partial charge on any atom is 0.0739 e. The van der Waals surface area contributed by atoms with Gasteiger partial charge in [0.2, 0.25) is 0 Å². The van der Waals surface area contributed by atoms with Crippen LogP contribution in [-0.4, -0.2) is 11.5 Å². The van der Waals surface area contributed by atoms with Gasteiger partial charge in [-0.05, 0) is 68.5 Å². The molecule has 0 bridgehead atoms. The zero-order valence-corrected chi connectivity index (χ0v) is 14.1. The Kier molecular flexibility index (Phi) is 3.98. The van der Waals surface area contributed by atoms with Crippen molar-refractivity contribution in [2.75, 3.05) is 17.2 Å². The van der Waals surface area contributed by atoms with Crippen LogP contribution in [0, 0.1) is 0 Å². The molecule has 3 rings (SSSR count). The first-order valence-corrected chi connectivity index (χ1v) is 8.16. The molecule has 0 radical (unpaired) electrons. The summed E-state index contributed by atoms with van der Waals surface area (Å²) < 4.78 is 2.01. The van der Waals surface area contributed by atoms with Crippen molar-refractivity contribution in [3.8, 4) is 0 Å². The molecular formula is C15H15Br2N3. The Labute approximate surface area is 135 Å². The summed E-state index contributed by atoms with van der Waals surface area (Å²) in [5, 5.41) is 0. The van der Waals surface area contributed by atoms with Crippen LogP contribution in [-0.2, 0) is 13.0 Å². The molecule has 0 atom stereocenters. The summed E-state index contributed by atoms with van der Waals surface area (Å²) in [5.41, 5.74) is 10.5. The van der Waals surface area contributed by atoms with E-state index < -0.39 is 0 Å². The second-order valence-corrected chi connectivity index (χ2v) is 6.72. The molecular weight excluding hydrogens is 382 g/mol. The van der Waals surface area contributed by atoms with E-state index in [2.05, 4.69) is 47.8 Å². The number of nitrogens with zero attached hydrogens (tertiary/aromatic N) is 2. The van der Waals surface area contributed by atoms with Gasteiger partial charge in [-0.3, -0.25) is 4.98 Å². The second-order valence-electron chi connectivity index (χ2n) is 4.95. The van der Waals surface area contributed by atoms with Gasteiger partial charge in [0, 0.05) is 33.1 Å². The van der Waals surface area contributed by atoms with Crippen molar-refractivity contribution < 1.29 is 0 Å². The number of halogens is 2. The van der Waals surface area contributed by atoms with E-state index in [1.165, 1.54) is 11.3 Å². The fourth-order valence-electron chi connectivity index (χ4n) is 2.63. The fourth-order valence-corrected chi connectivity index (χ4v) is 3.74. The lowest BCUT2D eigenvalue weighted by molar-refractivity contribution is 0.683. The number of rotatable bonds is 2. The smallest absolute Gasteiger partial charge is 0.0739 e. The maximum atomic E-state index is 6.09. The van der Waals surface area contributed by atoms with Crippen LogP contribution in [0.15, 0.2) is 39.4 Å². The van der Waals surface area contributed by atoms with Gasteiger partial charge in [-0.25, -0.2) is 0 Å². The van der Waals surface area contributed by atoms with Gasteiger partial charge < -0.3 is 10.6 Å². The van der Waals surface area contributed by atoms with Gasteiger partial charge in [0.1, 0.15) is 0 Å². The van der Waals surface area contributed by atoms with Gasteiger partial charge in [-0.1, -0.05) is 6.07 Å². The summed E-state index contributed by atoms with van der Waals surface area (Å²) in [7, 11) is 0. The van der Waals surface area contributed by atoms with E-state index in [9.17, 15) is 0 Å². The molecule has 1 aliphatic heterocycles. The topological polar surface area (TPSA) is 42.1 Å². The molecule has 1 aromatic carbocycles. The van der Waals surface area contributed by atoms with Gasteiger partial charge in [-0.15, -0.1) is 0 Å². The second kappa shape index (κ2) is 5.74. The van der Waals surface area contributed by atoms with E-state index in [0.717, 1.165) is 46.3 Å². The van der Waals surface area contributed by atoms with E-state index in [-0.39, 0.29) is 0 Å². The van der Waals surface area contributed by atoms with Crippen LogP contribution in [0.4, 0.5) is 11.4 Å². The largest absolute Gasteiger partial charge is 0.398 e. The number of hydrogen-bond donors (Lipinski definition) is 1. The Morgan fingerprint density at radius 1 is 1.30 bits per heavy atom. The number of anilines is 2. The van der Waals surface area contributed by atoms with Crippen molar-refractivity contribution in [2.45, 2.75) is 19.4 Å². The summed E-state index contributed by atoms with van der Waals surface area (Å²) in [6, 6.07) is 8.19. The van der Waals surface area contributed by atoms with Crippen molar-refractivity contribution in [3.63, 3.8) is 0 Å². The van der Waals surface area contributed by atoms with Crippen molar-refractivity contribution in [1.82, 2.24) is 4.98 Å². The molecule has 5 heteroatoms. The number of fused-ring (bicyclic) bond motifs is 1. The van der Waals surface area contributed by atoms with E-state index in [1.54, 1.807) is 0 Å². The van der Waals surface area contributed by atoms with Gasteiger partial charge in [0.25, 0.3) is 0 Å². The van der Waals surface area contributed by atoms with Crippen LogP contribution in [0.5, 0.6) is 0 Å². The number of benzene rings is 1. The summed E-state index contributed by atoms with van der Waals surface area (Å²) in [6.45, 7) is 1.84. The standard InChI is InChI=1S/C15H15Br2N3/c16-10-7-12(17)14(19-8-10)9-20-6-2-3-11-13(18)4-1-5-15(11)20/h1,4-5,7-8H,2-3,6,9,18H2. The fraction of sp³-hybridized carbons (Fsp3) is 0.267. The highest BCUT2D eigenvalue weighted by molar-refractivity contribution is 9.11. The van der Waals surface area contributed by atoms with Gasteiger partial charge in [-0.2, -0.15) is 0 Å². The Hall–Kier alpha value is -1.07. The van der Waals surface area contributed by atoms with Crippen LogP contribution in [0.3, 0.4) is 0 Å². The normalized spacial score (nSPS) is 14.2. The molecule has 20 heavy (non-hydrogen) atoms. The Morgan fingerprint density at radius 3 is 2.95 bits per heavy atom. The predicted molar refractivity (Wildman–Crippen MR) is 89.9 cm³/mol. The van der Waals surface area contributed by atoms with Crippen molar-refractivity contribution in [3.05, 3.63) is 50.7 Å². The van der Waals surface area contributed by atoms with Crippen LogP contribution in [0.25, 0.3) is 0 Å². The summed E-state index contributed by atoms with van der Waals surface area (Å²) >= 11 is 7.02. The first kappa shape index (κ1) is 13.9. The number of hydrogen-bond acceptors (Lipinski definition) is 3. The molecule has 3 nitrogen and oxygen atoms in total. The molecule has 0 unspecified atom stereocenters. The quantitative estimate of drug-likeness (QED) is 0.775. The van der Waals surface area contributed by atoms with Crippen LogP contribution in [0.2, 0.25) is 0 Å². The maximum absolute atomic E-state index is 6.09. The minimum atomic E-state index is 0.796. The van der Waals surface area contributed by atoms with Crippen molar-refractivity contribution >= 4 is 43.2 Å². The number of nitrogens with two attached hydrogens (primary N) is 1. The highest BCUT2D eigenvalue weighted by atomic mass is 79.9. The van der Waals surface area contributed by atoms with Crippen molar-refractivity contribution in [2.24, 2.45) is 0 Å². The predicted octanol–water partition coefficient (Wildman–Crippen LogP) is 4.14. The Bertz CT molecular complexity index is 643. The van der Waals surface area contributed by atoms with Gasteiger partial charge >= 0.3 is 0 Å². The molecule has 2 heterocycles. The van der Waals surface area contributed by atoms with Crippen molar-refractivity contribution in [1.29, 1.82) is 0 Å². The van der Waals surface area contributed by atoms with E-state index in [1.807, 2.05) is 24.4 Å². The van der Waals surface area contributed by atoms with E-state index in [4.69, 9.17) is 5.73 Å². The van der Waals surface area contributed by atoms with Gasteiger partial charge in [0.15, 0.2) is 0 Å². The molecule has 0 saturated heterocycles. The number of nitrogen functional groups attached to an aromatic ring is 1. The molecule has 0 fully saturated rings. The highest BCUT2D eigenvalue weighted by Gasteiger charge is 2.19. The first-order chi connectivity index (χ1) is 9.65. The zero-order chi connectivity index (χ0) is 14.1. The molecule has 0 saturated carbocycles. The third kappa shape index (κ3) is 2.69. The number of aromatic nitrogens is 1. The molecule has 0 amide bonds. The third-order valence-electron chi connectivity index (χ3n) is 3.61. The van der Waals surface area contributed by atoms with E-state index >= 15 is 0 Å². The lowest BCUT2D eigenvalue weighted by atomic mass is 10.00. The first-order valence-electron chi connectivity index (χ1n) is 6.57. The minimum absolute atomic E-state index is 0.796. The lowest BCUT2D eigenvalue weighted by Gasteiger charge is -2.32. The molecule has 104 valence electrons. The Morgan fingerprint density at radius 2 is 2.15 bits per heavy atom. The summed E-state index contributed by atoms with van der Waals surface area (Å²) in [5.74, 6) is 0. The average Bonchev–Trinajstić information content (AvgIpc) is 2.43. The minimum Gasteiger partial charge on any atom is -0.398 e. The zero-order valence-electron chi connectivity index (χ0n) is 10.9. The molecule has 1 aromatic heterocycles. The molecule has 0 aliphatic carbocycles. The summed E-state index contributed by atoms with van der Waals surface area (Å²) in [4.78, 5) is 6.86. The van der Waals surface area contributed by atoms with Crippen LogP contribution in [0.1, 0.15) is 17.7 Å². The SMILES string of the molecule is Nc1cccc2c1CCCN2Cc1ncc(Br)cc1Br. The molecule has 1 aliphatic rings. The summed E-state index contributed by atoms with van der Waals surface area (Å²) in [6.07, 6.45) is 4.03. The molecule has 2 aromatic rings. The molecule has 2 N–H and O–H groups in total. The highest BCUT2D eigenvalue weighted by Crippen LogP contribution is 2.33. The van der Waals surface area contributed by atoms with E-state index in [0.29, 0.717) is 0 Å². The Balaban J connectivity index is 1.91. The third-order valence-corrected chi connectivity index (χ3v) is 4.73. The van der Waals surface area contributed by atoms with Crippen LogP contribution < -0.4 is 10.6 Å². The molecule has 0 spiro atoms. The van der Waals surface area contributed by atoms with Gasteiger partial charge in [0.05, 0.1) is 12.2 Å². The lowest BCUT2D eigenvalue weighted by Crippen LogP contribution is -2.29. The average molecular weight is 397 g/mol.